The molecule has 0 saturated carbocycles. The molecule has 1 aromatic carbocycles. The molecule has 0 spiro atoms. The van der Waals surface area contributed by atoms with Gasteiger partial charge in [-0.15, -0.1) is 6.58 Å². The first-order valence-corrected chi connectivity index (χ1v) is 10.4. The van der Waals surface area contributed by atoms with E-state index in [1.54, 1.807) is 24.5 Å². The lowest BCUT2D eigenvalue weighted by atomic mass is 9.87. The smallest absolute Gasteiger partial charge is 0.287 e. The molecule has 0 saturated heterocycles. The lowest BCUT2D eigenvalue weighted by molar-refractivity contribution is 0.0899. The van der Waals surface area contributed by atoms with Crippen molar-refractivity contribution in [2.75, 3.05) is 0 Å². The molecule has 1 N–H and O–H groups in total. The zero-order valence-electron chi connectivity index (χ0n) is 17.3. The third-order valence-electron chi connectivity index (χ3n) is 4.66. The molecule has 1 atom stereocenters. The first kappa shape index (κ1) is 21.1. The Hall–Kier alpha value is -2.66. The average molecular weight is 410 g/mol. The Morgan fingerprint density at radius 3 is 2.69 bits per heavy atom. The zero-order valence-corrected chi connectivity index (χ0v) is 18.1. The molecule has 1 amide bonds. The van der Waals surface area contributed by atoms with Gasteiger partial charge in [-0.05, 0) is 60.2 Å². The van der Waals surface area contributed by atoms with Crippen LogP contribution < -0.4 is 5.32 Å². The maximum Gasteiger partial charge on any atom is 0.287 e. The minimum Gasteiger partial charge on any atom is -0.467 e. The second-order valence-corrected chi connectivity index (χ2v) is 9.06. The molecule has 2 heterocycles. The number of aryl methyl sites for hydroxylation is 1. The molecule has 0 radical (unpaired) electrons. The van der Waals surface area contributed by atoms with Crippen molar-refractivity contribution in [1.29, 1.82) is 0 Å². The van der Waals surface area contributed by atoms with Crippen LogP contribution in [0.4, 0.5) is 0 Å². The van der Waals surface area contributed by atoms with Gasteiger partial charge >= 0.3 is 0 Å². The van der Waals surface area contributed by atoms with E-state index in [1.807, 2.05) is 12.1 Å². The molecule has 3 aromatic rings. The van der Waals surface area contributed by atoms with Crippen LogP contribution in [0.15, 0.2) is 80.2 Å². The van der Waals surface area contributed by atoms with E-state index in [9.17, 15) is 4.79 Å². The summed E-state index contributed by atoms with van der Waals surface area (Å²) < 4.78 is 11.2. The summed E-state index contributed by atoms with van der Waals surface area (Å²) in [4.78, 5) is 13.8. The van der Waals surface area contributed by atoms with Crippen LogP contribution in [-0.2, 0) is 5.41 Å². The minimum absolute atomic E-state index is 0.0727. The molecule has 152 valence electrons. The Morgan fingerprint density at radius 1 is 1.24 bits per heavy atom. The molecule has 29 heavy (non-hydrogen) atoms. The summed E-state index contributed by atoms with van der Waals surface area (Å²) in [5, 5.41) is 3.63. The molecule has 2 aromatic heterocycles. The lowest BCUT2D eigenvalue weighted by Crippen LogP contribution is -2.27. The Kier molecular flexibility index (Phi) is 6.38. The van der Waals surface area contributed by atoms with Gasteiger partial charge in [0.2, 0.25) is 0 Å². The number of carbonyl (C=O) groups is 1. The van der Waals surface area contributed by atoms with Crippen molar-refractivity contribution in [3.05, 3.63) is 84.0 Å². The number of carbonyl (C=O) groups excluding carboxylic acids is 1. The maximum atomic E-state index is 12.7. The number of nitrogens with one attached hydrogen (secondary N) is 1. The molecule has 3 rings (SSSR count). The highest BCUT2D eigenvalue weighted by molar-refractivity contribution is 7.99. The van der Waals surface area contributed by atoms with Crippen LogP contribution >= 0.6 is 11.8 Å². The van der Waals surface area contributed by atoms with E-state index < -0.39 is 0 Å². The predicted octanol–water partition coefficient (Wildman–Crippen LogP) is 6.68. The molecular weight excluding hydrogens is 382 g/mol. The van der Waals surface area contributed by atoms with Gasteiger partial charge in [0.15, 0.2) is 10.9 Å². The summed E-state index contributed by atoms with van der Waals surface area (Å²) in [5.74, 6) is 0.687. The highest BCUT2D eigenvalue weighted by atomic mass is 32.2. The van der Waals surface area contributed by atoms with E-state index in [1.165, 1.54) is 22.9 Å². The highest BCUT2D eigenvalue weighted by Gasteiger charge is 2.20. The van der Waals surface area contributed by atoms with Crippen molar-refractivity contribution in [3.63, 3.8) is 0 Å². The van der Waals surface area contributed by atoms with Gasteiger partial charge in [0, 0.05) is 4.90 Å². The number of benzene rings is 1. The fourth-order valence-electron chi connectivity index (χ4n) is 2.91. The van der Waals surface area contributed by atoms with Crippen LogP contribution in [0.2, 0.25) is 0 Å². The standard InChI is InChI=1S/C24H27NO3S/c1-6-8-18(19-9-7-14-27-19)25-23(26)20-12-13-22(28-20)29-21-15-17(24(3,4)5)11-10-16(21)2/h6-7,9-15,18H,1,8H2,2-5H3,(H,25,26). The van der Waals surface area contributed by atoms with Crippen molar-refractivity contribution in [2.45, 2.75) is 55.6 Å². The van der Waals surface area contributed by atoms with Gasteiger partial charge < -0.3 is 14.2 Å². The third kappa shape index (κ3) is 5.24. The van der Waals surface area contributed by atoms with Crippen LogP contribution in [-0.4, -0.2) is 5.91 Å². The first-order valence-electron chi connectivity index (χ1n) is 9.62. The van der Waals surface area contributed by atoms with Gasteiger partial charge in [-0.25, -0.2) is 0 Å². The van der Waals surface area contributed by atoms with Gasteiger partial charge in [-0.1, -0.05) is 50.7 Å². The zero-order chi connectivity index (χ0) is 21.0. The molecule has 1 unspecified atom stereocenters. The first-order chi connectivity index (χ1) is 13.8. The molecule has 0 aliphatic heterocycles. The summed E-state index contributed by atoms with van der Waals surface area (Å²) in [6.07, 6.45) is 3.91. The van der Waals surface area contributed by atoms with Crippen LogP contribution in [0.1, 0.15) is 60.7 Å². The Labute approximate surface area is 176 Å². The summed E-state index contributed by atoms with van der Waals surface area (Å²) in [7, 11) is 0. The van der Waals surface area contributed by atoms with Crippen LogP contribution in [0.3, 0.4) is 0 Å². The largest absolute Gasteiger partial charge is 0.467 e. The Balaban J connectivity index is 1.74. The van der Waals surface area contributed by atoms with Crippen molar-refractivity contribution in [1.82, 2.24) is 5.32 Å². The van der Waals surface area contributed by atoms with Gasteiger partial charge in [0.1, 0.15) is 5.76 Å². The van der Waals surface area contributed by atoms with Crippen LogP contribution in [0.25, 0.3) is 0 Å². The molecule has 0 aliphatic rings. The quantitative estimate of drug-likeness (QED) is 0.442. The number of hydrogen-bond donors (Lipinski definition) is 1. The van der Waals surface area contributed by atoms with Gasteiger partial charge in [0.25, 0.3) is 5.91 Å². The average Bonchev–Trinajstić information content (AvgIpc) is 3.34. The van der Waals surface area contributed by atoms with E-state index in [0.717, 1.165) is 4.90 Å². The molecular formula is C24H27NO3S. The summed E-state index contributed by atoms with van der Waals surface area (Å²) in [6.45, 7) is 12.4. The summed E-state index contributed by atoms with van der Waals surface area (Å²) in [5.41, 5.74) is 2.51. The third-order valence-corrected chi connectivity index (χ3v) is 5.74. The van der Waals surface area contributed by atoms with Crippen LogP contribution in [0.5, 0.6) is 0 Å². The molecule has 0 bridgehead atoms. The Bertz CT molecular complexity index is 980. The molecule has 4 nitrogen and oxygen atoms in total. The SMILES string of the molecule is C=CCC(NC(=O)c1ccc(Sc2cc(C(C)(C)C)ccc2C)o1)c1ccco1. The van der Waals surface area contributed by atoms with E-state index >= 15 is 0 Å². The van der Waals surface area contributed by atoms with Crippen molar-refractivity contribution in [3.8, 4) is 0 Å². The van der Waals surface area contributed by atoms with Crippen LogP contribution in [0, 0.1) is 6.92 Å². The number of amides is 1. The number of furan rings is 2. The van der Waals surface area contributed by atoms with E-state index in [4.69, 9.17) is 8.83 Å². The minimum atomic E-state index is -0.278. The van der Waals surface area contributed by atoms with Crippen molar-refractivity contribution in [2.24, 2.45) is 0 Å². The van der Waals surface area contributed by atoms with E-state index in [-0.39, 0.29) is 23.1 Å². The fourth-order valence-corrected chi connectivity index (χ4v) is 3.81. The topological polar surface area (TPSA) is 55.4 Å². The van der Waals surface area contributed by atoms with E-state index in [0.29, 0.717) is 17.3 Å². The van der Waals surface area contributed by atoms with Crippen molar-refractivity contribution >= 4 is 17.7 Å². The second kappa shape index (κ2) is 8.78. The predicted molar refractivity (Wildman–Crippen MR) is 116 cm³/mol. The van der Waals surface area contributed by atoms with Gasteiger partial charge in [-0.2, -0.15) is 0 Å². The lowest BCUT2D eigenvalue weighted by Gasteiger charge is -2.20. The Morgan fingerprint density at radius 2 is 2.03 bits per heavy atom. The summed E-state index contributed by atoms with van der Waals surface area (Å²) in [6, 6.07) is 13.4. The maximum absolute atomic E-state index is 12.7. The normalized spacial score (nSPS) is 12.6. The molecule has 5 heteroatoms. The summed E-state index contributed by atoms with van der Waals surface area (Å²) >= 11 is 1.53. The monoisotopic (exact) mass is 409 g/mol. The van der Waals surface area contributed by atoms with Crippen molar-refractivity contribution < 1.29 is 13.6 Å². The molecule has 0 aliphatic carbocycles. The van der Waals surface area contributed by atoms with Gasteiger partial charge in [-0.3, -0.25) is 4.79 Å². The second-order valence-electron chi connectivity index (χ2n) is 8.02. The molecule has 0 fully saturated rings. The highest BCUT2D eigenvalue weighted by Crippen LogP contribution is 2.35. The fraction of sp³-hybridized carbons (Fsp3) is 0.292. The number of hydrogen-bond acceptors (Lipinski definition) is 4. The number of rotatable bonds is 7. The van der Waals surface area contributed by atoms with Gasteiger partial charge in [0.05, 0.1) is 12.3 Å². The van der Waals surface area contributed by atoms with E-state index in [2.05, 4.69) is 57.8 Å².